The van der Waals surface area contributed by atoms with Crippen LogP contribution in [0.1, 0.15) is 78.0 Å². The maximum absolute atomic E-state index is 7.01. The lowest BCUT2D eigenvalue weighted by Gasteiger charge is -2.44. The van der Waals surface area contributed by atoms with E-state index in [-0.39, 0.29) is 23.0 Å². The van der Waals surface area contributed by atoms with Gasteiger partial charge in [0.25, 0.3) is 6.71 Å². The Morgan fingerprint density at radius 1 is 0.633 bits per heavy atom. The topological polar surface area (TPSA) is 21.7 Å². The maximum Gasteiger partial charge on any atom is 0.260 e. The fourth-order valence-corrected chi connectivity index (χ4v) is 12.1. The van der Waals surface area contributed by atoms with Gasteiger partial charge in [0.15, 0.2) is 0 Å². The Bertz CT molecular complexity index is 2180. The standard InChI is InChI=1S/C44H46BNO2Si/c1-42(2,3)27-22-37-41-38(23-27)48-36-26-30-29(43(4,5)20-21-44(30,6)7)25-32(36)45(41)31-19-18-28(24-35(31)47-37)46-33-14-10-12-16-39(33)49(8,9)40-17-13-11-15-34(40)46/h10-19,22-26H,20-21H2,1-9H3. The molecule has 0 atom stereocenters. The number of rotatable bonds is 1. The normalized spacial score (nSPS) is 18.5. The molecule has 0 fully saturated rings. The molecule has 0 unspecified atom stereocenters. The summed E-state index contributed by atoms with van der Waals surface area (Å²) in [6.07, 6.45) is 2.35. The lowest BCUT2D eigenvalue weighted by atomic mass is 9.34. The number of nitrogens with zero attached hydrogens (tertiary/aromatic N) is 1. The number of benzene rings is 5. The van der Waals surface area contributed by atoms with Gasteiger partial charge in [-0.15, -0.1) is 0 Å². The quantitative estimate of drug-likeness (QED) is 0.165. The van der Waals surface area contributed by atoms with Crippen LogP contribution in [0.15, 0.2) is 91.0 Å². The van der Waals surface area contributed by atoms with E-state index in [2.05, 4.69) is 157 Å². The number of para-hydroxylation sites is 2. The van der Waals surface area contributed by atoms with E-state index in [0.717, 1.165) is 34.1 Å². The summed E-state index contributed by atoms with van der Waals surface area (Å²) in [4.78, 5) is 2.46. The number of hydrogen-bond donors (Lipinski definition) is 0. The number of fused-ring (bicyclic) bond motifs is 7. The Hall–Kier alpha value is -4.22. The molecule has 0 spiro atoms. The van der Waals surface area contributed by atoms with E-state index < -0.39 is 8.07 Å². The third-order valence-electron chi connectivity index (χ3n) is 12.2. The van der Waals surface area contributed by atoms with Crippen LogP contribution < -0.4 is 41.1 Å². The summed E-state index contributed by atoms with van der Waals surface area (Å²) >= 11 is 0. The van der Waals surface area contributed by atoms with Crippen molar-refractivity contribution in [2.45, 2.75) is 90.6 Å². The van der Waals surface area contributed by atoms with Gasteiger partial charge < -0.3 is 14.4 Å². The maximum atomic E-state index is 7.01. The van der Waals surface area contributed by atoms with Gasteiger partial charge in [0.2, 0.25) is 0 Å². The van der Waals surface area contributed by atoms with Crippen molar-refractivity contribution in [3.8, 4) is 23.0 Å². The zero-order valence-corrected chi connectivity index (χ0v) is 31.4. The largest absolute Gasteiger partial charge is 0.458 e. The first-order valence-electron chi connectivity index (χ1n) is 18.0. The fraction of sp³-hybridized carbons (Fsp3) is 0.318. The molecule has 0 aromatic heterocycles. The summed E-state index contributed by atoms with van der Waals surface area (Å²) in [7, 11) is -1.88. The average Bonchev–Trinajstić information content (AvgIpc) is 3.06. The minimum absolute atomic E-state index is 0.0268. The lowest BCUT2D eigenvalue weighted by molar-refractivity contribution is 0.330. The molecule has 5 aromatic rings. The van der Waals surface area contributed by atoms with Crippen LogP contribution in [0.3, 0.4) is 0 Å². The molecule has 0 amide bonds. The van der Waals surface area contributed by atoms with Gasteiger partial charge in [-0.2, -0.15) is 0 Å². The van der Waals surface area contributed by atoms with E-state index in [9.17, 15) is 0 Å². The zero-order chi connectivity index (χ0) is 34.2. The molecule has 3 aliphatic heterocycles. The Morgan fingerprint density at radius 3 is 1.73 bits per heavy atom. The van der Waals surface area contributed by atoms with Crippen LogP contribution >= 0.6 is 0 Å². The van der Waals surface area contributed by atoms with Crippen molar-refractivity contribution in [3.05, 3.63) is 108 Å². The van der Waals surface area contributed by atoms with Crippen LogP contribution in [0.25, 0.3) is 0 Å². The molecule has 0 radical (unpaired) electrons. The zero-order valence-electron chi connectivity index (χ0n) is 30.4. The first-order chi connectivity index (χ1) is 23.1. The highest BCUT2D eigenvalue weighted by Crippen LogP contribution is 2.48. The van der Waals surface area contributed by atoms with Gasteiger partial charge >= 0.3 is 0 Å². The second-order valence-corrected chi connectivity index (χ2v) is 22.0. The van der Waals surface area contributed by atoms with Crippen LogP contribution in [0.5, 0.6) is 23.0 Å². The summed E-state index contributed by atoms with van der Waals surface area (Å²) < 4.78 is 13.9. The summed E-state index contributed by atoms with van der Waals surface area (Å²) in [5.41, 5.74) is 11.5. The van der Waals surface area contributed by atoms with E-state index >= 15 is 0 Å². The molecule has 246 valence electrons. The highest BCUT2D eigenvalue weighted by Gasteiger charge is 2.45. The molecule has 1 aliphatic carbocycles. The van der Waals surface area contributed by atoms with Gasteiger partial charge in [0, 0.05) is 28.6 Å². The van der Waals surface area contributed by atoms with Gasteiger partial charge in [0.1, 0.15) is 31.1 Å². The van der Waals surface area contributed by atoms with Crippen LogP contribution in [-0.4, -0.2) is 14.8 Å². The molecule has 0 saturated carbocycles. The van der Waals surface area contributed by atoms with Gasteiger partial charge in [-0.1, -0.05) is 110 Å². The van der Waals surface area contributed by atoms with Crippen molar-refractivity contribution in [1.82, 2.24) is 0 Å². The first-order valence-corrected chi connectivity index (χ1v) is 21.0. The molecule has 0 bridgehead atoms. The Labute approximate surface area is 293 Å². The molecule has 5 aromatic carbocycles. The second-order valence-electron chi connectivity index (χ2n) is 17.7. The van der Waals surface area contributed by atoms with Crippen LogP contribution in [0.2, 0.25) is 13.1 Å². The third-order valence-corrected chi connectivity index (χ3v) is 15.7. The monoisotopic (exact) mass is 659 g/mol. The molecule has 5 heteroatoms. The first kappa shape index (κ1) is 30.8. The molecule has 0 N–H and O–H groups in total. The molecule has 3 heterocycles. The van der Waals surface area contributed by atoms with Crippen molar-refractivity contribution in [3.63, 3.8) is 0 Å². The molecular weight excluding hydrogens is 613 g/mol. The van der Waals surface area contributed by atoms with E-state index in [4.69, 9.17) is 9.47 Å². The fourth-order valence-electron chi connectivity index (χ4n) is 9.06. The Morgan fingerprint density at radius 2 is 1.16 bits per heavy atom. The predicted octanol–water partition coefficient (Wildman–Crippen LogP) is 8.67. The molecule has 9 rings (SSSR count). The van der Waals surface area contributed by atoms with Crippen LogP contribution in [0.4, 0.5) is 17.1 Å². The van der Waals surface area contributed by atoms with E-state index in [1.54, 1.807) is 0 Å². The number of ether oxygens (including phenoxy) is 2. The van der Waals surface area contributed by atoms with Gasteiger partial charge in [-0.3, -0.25) is 0 Å². The van der Waals surface area contributed by atoms with E-state index in [1.165, 1.54) is 62.2 Å². The minimum atomic E-state index is -1.88. The van der Waals surface area contributed by atoms with Crippen molar-refractivity contribution < 1.29 is 9.47 Å². The van der Waals surface area contributed by atoms with Crippen LogP contribution in [0, 0.1) is 0 Å². The highest BCUT2D eigenvalue weighted by molar-refractivity contribution is 7.02. The smallest absolute Gasteiger partial charge is 0.260 e. The summed E-state index contributed by atoms with van der Waals surface area (Å²) in [5.74, 6) is 3.75. The second kappa shape index (κ2) is 9.94. The lowest BCUT2D eigenvalue weighted by Crippen LogP contribution is -2.59. The molecule has 0 saturated heterocycles. The van der Waals surface area contributed by atoms with Crippen molar-refractivity contribution in [1.29, 1.82) is 0 Å². The highest BCUT2D eigenvalue weighted by atomic mass is 28.3. The van der Waals surface area contributed by atoms with Crippen LogP contribution in [-0.2, 0) is 16.2 Å². The Kier molecular flexibility index (Phi) is 6.25. The summed E-state index contributed by atoms with van der Waals surface area (Å²) in [5, 5.41) is 2.93. The summed E-state index contributed by atoms with van der Waals surface area (Å²) in [6.45, 7) is 21.4. The third kappa shape index (κ3) is 4.40. The molecular formula is C44H46BNO2Si. The summed E-state index contributed by atoms with van der Waals surface area (Å²) in [6, 6.07) is 34.3. The molecule has 3 nitrogen and oxygen atoms in total. The van der Waals surface area contributed by atoms with Crippen molar-refractivity contribution >= 4 is 58.6 Å². The molecule has 4 aliphatic rings. The number of hydrogen-bond acceptors (Lipinski definition) is 3. The predicted molar refractivity (Wildman–Crippen MR) is 210 cm³/mol. The number of anilines is 3. The minimum Gasteiger partial charge on any atom is -0.458 e. The van der Waals surface area contributed by atoms with E-state index in [0.29, 0.717) is 0 Å². The van der Waals surface area contributed by atoms with Gasteiger partial charge in [0.05, 0.1) is 0 Å². The van der Waals surface area contributed by atoms with Crippen molar-refractivity contribution in [2.75, 3.05) is 4.90 Å². The van der Waals surface area contributed by atoms with E-state index in [1.807, 2.05) is 0 Å². The average molecular weight is 660 g/mol. The SMILES string of the molecule is CC(C)(C)c1cc2c3c(c1)Oc1cc4c(cc1B3c1ccc(N3c5ccccc5[Si](C)(C)c5ccccc53)cc1O2)C(C)(C)CCC4(C)C. The van der Waals surface area contributed by atoms with Gasteiger partial charge in [-0.25, -0.2) is 0 Å². The van der Waals surface area contributed by atoms with Gasteiger partial charge in [-0.05, 0) is 103 Å². The van der Waals surface area contributed by atoms with Crippen molar-refractivity contribution in [2.24, 2.45) is 0 Å². The molecule has 49 heavy (non-hydrogen) atoms. The Balaban J connectivity index is 1.27.